The summed E-state index contributed by atoms with van der Waals surface area (Å²) in [6.45, 7) is 9.68. The Kier molecular flexibility index (Phi) is 2.65. The van der Waals surface area contributed by atoms with Crippen molar-refractivity contribution in [3.05, 3.63) is 0 Å². The molecule has 2 aliphatic rings. The third-order valence-electron chi connectivity index (χ3n) is 3.30. The molecule has 2 aliphatic heterocycles. The van der Waals surface area contributed by atoms with Crippen LogP contribution in [0.5, 0.6) is 0 Å². The van der Waals surface area contributed by atoms with Crippen LogP contribution < -0.4 is 0 Å². The predicted molar refractivity (Wildman–Crippen MR) is 62.4 cm³/mol. The van der Waals surface area contributed by atoms with Crippen LogP contribution in [0.25, 0.3) is 0 Å². The second-order valence-corrected chi connectivity index (χ2v) is 6.32. The highest BCUT2D eigenvalue weighted by molar-refractivity contribution is 5.68. The van der Waals surface area contributed by atoms with Gasteiger partial charge >= 0.3 is 6.09 Å². The third kappa shape index (κ3) is 2.32. The second kappa shape index (κ2) is 3.62. The van der Waals surface area contributed by atoms with E-state index in [1.54, 1.807) is 0 Å². The number of hydrogen-bond donors (Lipinski definition) is 0. The van der Waals surface area contributed by atoms with Crippen molar-refractivity contribution in [2.24, 2.45) is 5.41 Å². The van der Waals surface area contributed by atoms with Gasteiger partial charge in [0.15, 0.2) is 0 Å². The number of amides is 1. The molecule has 2 heterocycles. The Morgan fingerprint density at radius 3 is 2.38 bits per heavy atom. The Hall–Kier alpha value is -0.770. The Bertz CT molecular complexity index is 290. The summed E-state index contributed by atoms with van der Waals surface area (Å²) < 4.78 is 5.38. The molecule has 4 nitrogen and oxygen atoms in total. The number of likely N-dealkylation sites (tertiary alicyclic amines) is 2. The first-order chi connectivity index (χ1) is 7.30. The standard InChI is InChI=1S/C12H22N2O2/c1-11(2,3)16-10(15)14-6-5-12(9-14)7-13(4)8-12/h5-9H2,1-4H3. The number of carbonyl (C=O) groups is 1. The van der Waals surface area contributed by atoms with Crippen LogP contribution in [0.4, 0.5) is 4.79 Å². The molecule has 1 spiro atoms. The van der Waals surface area contributed by atoms with E-state index in [1.165, 1.54) is 0 Å². The Morgan fingerprint density at radius 1 is 1.25 bits per heavy atom. The van der Waals surface area contributed by atoms with Gasteiger partial charge in [0, 0.05) is 31.6 Å². The van der Waals surface area contributed by atoms with Crippen LogP contribution in [0.15, 0.2) is 0 Å². The number of ether oxygens (including phenoxy) is 1. The molecule has 0 atom stereocenters. The number of carbonyl (C=O) groups excluding carboxylic acids is 1. The van der Waals surface area contributed by atoms with Gasteiger partial charge in [0.05, 0.1) is 0 Å². The molecule has 1 amide bonds. The Morgan fingerprint density at radius 2 is 1.88 bits per heavy atom. The lowest BCUT2D eigenvalue weighted by atomic mass is 9.80. The quantitative estimate of drug-likeness (QED) is 0.628. The van der Waals surface area contributed by atoms with E-state index < -0.39 is 0 Å². The van der Waals surface area contributed by atoms with Crippen molar-refractivity contribution in [1.29, 1.82) is 0 Å². The fourth-order valence-corrected chi connectivity index (χ4v) is 2.77. The summed E-state index contributed by atoms with van der Waals surface area (Å²) in [5, 5.41) is 0. The minimum atomic E-state index is -0.386. The van der Waals surface area contributed by atoms with Gasteiger partial charge in [-0.25, -0.2) is 4.79 Å². The molecule has 0 radical (unpaired) electrons. The minimum Gasteiger partial charge on any atom is -0.444 e. The van der Waals surface area contributed by atoms with Crippen LogP contribution in [0, 0.1) is 5.41 Å². The summed E-state index contributed by atoms with van der Waals surface area (Å²) in [5.41, 5.74) is -0.0190. The molecule has 0 aromatic heterocycles. The van der Waals surface area contributed by atoms with Crippen LogP contribution in [0.3, 0.4) is 0 Å². The van der Waals surface area contributed by atoms with E-state index in [4.69, 9.17) is 4.74 Å². The Balaban J connectivity index is 1.87. The first-order valence-corrected chi connectivity index (χ1v) is 5.96. The lowest BCUT2D eigenvalue weighted by Gasteiger charge is -2.46. The molecule has 16 heavy (non-hydrogen) atoms. The van der Waals surface area contributed by atoms with Crippen molar-refractivity contribution in [3.8, 4) is 0 Å². The van der Waals surface area contributed by atoms with E-state index in [9.17, 15) is 4.79 Å². The van der Waals surface area contributed by atoms with Gasteiger partial charge in [-0.3, -0.25) is 0 Å². The molecule has 0 bridgehead atoms. The van der Waals surface area contributed by atoms with E-state index in [-0.39, 0.29) is 11.7 Å². The van der Waals surface area contributed by atoms with Crippen LogP contribution in [-0.2, 0) is 4.74 Å². The first-order valence-electron chi connectivity index (χ1n) is 5.96. The lowest BCUT2D eigenvalue weighted by Crippen LogP contribution is -2.55. The number of hydrogen-bond acceptors (Lipinski definition) is 3. The zero-order valence-corrected chi connectivity index (χ0v) is 10.7. The zero-order chi connectivity index (χ0) is 12.0. The fraction of sp³-hybridized carbons (Fsp3) is 0.917. The van der Waals surface area contributed by atoms with Crippen LogP contribution >= 0.6 is 0 Å². The van der Waals surface area contributed by atoms with E-state index in [2.05, 4.69) is 11.9 Å². The van der Waals surface area contributed by atoms with Gasteiger partial charge in [0.1, 0.15) is 5.60 Å². The van der Waals surface area contributed by atoms with Gasteiger partial charge in [-0.2, -0.15) is 0 Å². The fourth-order valence-electron chi connectivity index (χ4n) is 2.77. The van der Waals surface area contributed by atoms with Crippen molar-refractivity contribution in [2.45, 2.75) is 32.8 Å². The minimum absolute atomic E-state index is 0.154. The van der Waals surface area contributed by atoms with Gasteiger partial charge in [-0.05, 0) is 34.2 Å². The summed E-state index contributed by atoms with van der Waals surface area (Å²) in [4.78, 5) is 16.0. The van der Waals surface area contributed by atoms with Crippen LogP contribution in [0.1, 0.15) is 27.2 Å². The molecule has 0 aromatic rings. The highest BCUT2D eigenvalue weighted by Gasteiger charge is 2.47. The number of nitrogens with zero attached hydrogens (tertiary/aromatic N) is 2. The molecule has 2 rings (SSSR count). The normalized spacial score (nSPS) is 24.6. The summed E-state index contributed by atoms with van der Waals surface area (Å²) in [7, 11) is 2.13. The molecular formula is C12H22N2O2. The maximum Gasteiger partial charge on any atom is 0.410 e. The van der Waals surface area contributed by atoms with Crippen LogP contribution in [-0.4, -0.2) is 54.7 Å². The molecule has 0 saturated carbocycles. The monoisotopic (exact) mass is 226 g/mol. The van der Waals surface area contributed by atoms with E-state index in [0.717, 1.165) is 32.6 Å². The molecule has 0 unspecified atom stereocenters. The molecule has 92 valence electrons. The average molecular weight is 226 g/mol. The average Bonchev–Trinajstić information content (AvgIpc) is 2.45. The van der Waals surface area contributed by atoms with Crippen LogP contribution in [0.2, 0.25) is 0 Å². The van der Waals surface area contributed by atoms with Crippen molar-refractivity contribution in [2.75, 3.05) is 33.2 Å². The Labute approximate surface area is 97.5 Å². The van der Waals surface area contributed by atoms with Crippen molar-refractivity contribution >= 4 is 6.09 Å². The van der Waals surface area contributed by atoms with Gasteiger partial charge in [-0.15, -0.1) is 0 Å². The van der Waals surface area contributed by atoms with E-state index in [0.29, 0.717) is 5.41 Å². The maximum absolute atomic E-state index is 11.9. The summed E-state index contributed by atoms with van der Waals surface area (Å²) >= 11 is 0. The smallest absolute Gasteiger partial charge is 0.410 e. The lowest BCUT2D eigenvalue weighted by molar-refractivity contribution is 0.0101. The van der Waals surface area contributed by atoms with Gasteiger partial charge in [-0.1, -0.05) is 0 Å². The molecule has 2 saturated heterocycles. The maximum atomic E-state index is 11.9. The van der Waals surface area contributed by atoms with E-state index >= 15 is 0 Å². The molecule has 0 aliphatic carbocycles. The molecule has 0 N–H and O–H groups in total. The summed E-state index contributed by atoms with van der Waals surface area (Å²) in [6, 6.07) is 0. The molecule has 4 heteroatoms. The highest BCUT2D eigenvalue weighted by atomic mass is 16.6. The number of rotatable bonds is 0. The first kappa shape index (κ1) is 11.7. The largest absolute Gasteiger partial charge is 0.444 e. The van der Waals surface area contributed by atoms with Gasteiger partial charge in [0.2, 0.25) is 0 Å². The molecule has 0 aromatic carbocycles. The molecular weight excluding hydrogens is 204 g/mol. The zero-order valence-electron chi connectivity index (χ0n) is 10.7. The second-order valence-electron chi connectivity index (χ2n) is 6.32. The summed E-state index contributed by atoms with van der Waals surface area (Å²) in [5.74, 6) is 0. The summed E-state index contributed by atoms with van der Waals surface area (Å²) in [6.07, 6.45) is 0.968. The topological polar surface area (TPSA) is 32.8 Å². The van der Waals surface area contributed by atoms with E-state index in [1.807, 2.05) is 25.7 Å². The van der Waals surface area contributed by atoms with Crippen molar-refractivity contribution < 1.29 is 9.53 Å². The van der Waals surface area contributed by atoms with Crippen molar-refractivity contribution in [3.63, 3.8) is 0 Å². The predicted octanol–water partition coefficient (Wildman–Crippen LogP) is 1.56. The van der Waals surface area contributed by atoms with Gasteiger partial charge in [0.25, 0.3) is 0 Å². The molecule has 2 fully saturated rings. The third-order valence-corrected chi connectivity index (χ3v) is 3.30. The van der Waals surface area contributed by atoms with Gasteiger partial charge < -0.3 is 14.5 Å². The SMILES string of the molecule is CN1CC2(CCN(C(=O)OC(C)(C)C)C2)C1. The highest BCUT2D eigenvalue weighted by Crippen LogP contribution is 2.38. The van der Waals surface area contributed by atoms with Crippen molar-refractivity contribution in [1.82, 2.24) is 9.80 Å².